The van der Waals surface area contributed by atoms with Crippen LogP contribution in [0.15, 0.2) is 35.3 Å². The van der Waals surface area contributed by atoms with E-state index in [0.717, 1.165) is 12.8 Å². The summed E-state index contributed by atoms with van der Waals surface area (Å²) in [6, 6.07) is 7.54. The van der Waals surface area contributed by atoms with Crippen molar-refractivity contribution in [1.29, 1.82) is 0 Å². The van der Waals surface area contributed by atoms with Gasteiger partial charge in [0.15, 0.2) is 0 Å². The number of amides is 1. The van der Waals surface area contributed by atoms with E-state index in [2.05, 4.69) is 10.4 Å². The molecule has 5 nitrogen and oxygen atoms in total. The number of aromatic nitrogens is 2. The number of nitrogens with one attached hydrogen (secondary N) is 1. The minimum atomic E-state index is -0.114. The van der Waals surface area contributed by atoms with Gasteiger partial charge in [0.1, 0.15) is 6.54 Å². The summed E-state index contributed by atoms with van der Waals surface area (Å²) in [6.45, 7) is 0.150. The predicted molar refractivity (Wildman–Crippen MR) is 90.3 cm³/mol. The Morgan fingerprint density at radius 1 is 1.13 bits per heavy atom. The molecule has 0 unspecified atom stereocenters. The number of para-hydroxylation sites is 1. The molecule has 5 heteroatoms. The molecule has 0 spiro atoms. The van der Waals surface area contributed by atoms with Gasteiger partial charge in [-0.05, 0) is 25.0 Å². The van der Waals surface area contributed by atoms with E-state index < -0.39 is 0 Å². The second-order valence-electron chi connectivity index (χ2n) is 6.29. The highest BCUT2D eigenvalue weighted by molar-refractivity contribution is 5.81. The fraction of sp³-hybridized carbons (Fsp3) is 0.500. The van der Waals surface area contributed by atoms with E-state index in [1.807, 2.05) is 18.2 Å². The zero-order chi connectivity index (χ0) is 16.1. The van der Waals surface area contributed by atoms with Crippen molar-refractivity contribution in [2.75, 3.05) is 0 Å². The summed E-state index contributed by atoms with van der Waals surface area (Å²) < 4.78 is 1.61. The van der Waals surface area contributed by atoms with Crippen LogP contribution < -0.4 is 10.7 Å². The van der Waals surface area contributed by atoms with Gasteiger partial charge in [-0.1, -0.05) is 44.2 Å². The number of carbonyl (C=O) groups is 1. The molecule has 1 aromatic heterocycles. The Hall–Kier alpha value is -2.17. The van der Waals surface area contributed by atoms with Crippen molar-refractivity contribution in [3.05, 3.63) is 40.7 Å². The van der Waals surface area contributed by atoms with Gasteiger partial charge in [0.2, 0.25) is 11.3 Å². The average Bonchev–Trinajstić information content (AvgIpc) is 2.53. The molecule has 2 aromatic rings. The summed E-state index contributed by atoms with van der Waals surface area (Å²) in [5, 5.41) is 7.85. The SMILES string of the molecule is O=C(Cn1ncc(=O)c2ccccc21)NC1CCCCCCC1. The summed E-state index contributed by atoms with van der Waals surface area (Å²) in [7, 11) is 0. The Balaban J connectivity index is 1.70. The normalized spacial score (nSPS) is 16.7. The molecule has 1 saturated carbocycles. The quantitative estimate of drug-likeness (QED) is 0.947. The lowest BCUT2D eigenvalue weighted by Gasteiger charge is -2.21. The van der Waals surface area contributed by atoms with E-state index in [-0.39, 0.29) is 23.9 Å². The number of hydrogen-bond donors (Lipinski definition) is 1. The molecule has 0 radical (unpaired) electrons. The van der Waals surface area contributed by atoms with E-state index in [1.165, 1.54) is 38.3 Å². The molecule has 1 aliphatic carbocycles. The molecule has 122 valence electrons. The first-order valence-electron chi connectivity index (χ1n) is 8.48. The number of rotatable bonds is 3. The first kappa shape index (κ1) is 15.7. The molecule has 0 atom stereocenters. The lowest BCUT2D eigenvalue weighted by molar-refractivity contribution is -0.122. The van der Waals surface area contributed by atoms with Crippen molar-refractivity contribution >= 4 is 16.8 Å². The molecular weight excluding hydrogens is 290 g/mol. The van der Waals surface area contributed by atoms with Gasteiger partial charge in [-0.3, -0.25) is 14.3 Å². The van der Waals surface area contributed by atoms with Gasteiger partial charge in [-0.25, -0.2) is 0 Å². The van der Waals surface area contributed by atoms with E-state index in [1.54, 1.807) is 10.7 Å². The molecular formula is C18H23N3O2. The highest BCUT2D eigenvalue weighted by Crippen LogP contribution is 2.17. The number of benzene rings is 1. The first-order valence-corrected chi connectivity index (χ1v) is 8.48. The van der Waals surface area contributed by atoms with Crippen LogP contribution in [0.5, 0.6) is 0 Å². The smallest absolute Gasteiger partial charge is 0.241 e. The molecule has 1 N–H and O–H groups in total. The predicted octanol–water partition coefficient (Wildman–Crippen LogP) is 2.63. The van der Waals surface area contributed by atoms with Crippen molar-refractivity contribution in [3.8, 4) is 0 Å². The fourth-order valence-electron chi connectivity index (χ4n) is 3.30. The van der Waals surface area contributed by atoms with Crippen molar-refractivity contribution in [1.82, 2.24) is 15.1 Å². The van der Waals surface area contributed by atoms with E-state index in [4.69, 9.17) is 0 Å². The van der Waals surface area contributed by atoms with Crippen molar-refractivity contribution in [2.24, 2.45) is 0 Å². The summed E-state index contributed by atoms with van der Waals surface area (Å²) in [5.41, 5.74) is 0.588. The van der Waals surface area contributed by atoms with Crippen molar-refractivity contribution in [2.45, 2.75) is 57.5 Å². The Kier molecular flexibility index (Phi) is 5.05. The molecule has 1 amide bonds. The summed E-state index contributed by atoms with van der Waals surface area (Å²) in [6.07, 6.45) is 9.61. The van der Waals surface area contributed by atoms with Crippen LogP contribution >= 0.6 is 0 Å². The largest absolute Gasteiger partial charge is 0.352 e. The lowest BCUT2D eigenvalue weighted by atomic mass is 9.97. The molecule has 1 heterocycles. The fourth-order valence-corrected chi connectivity index (χ4v) is 3.30. The molecule has 0 bridgehead atoms. The summed E-state index contributed by atoms with van der Waals surface area (Å²) in [4.78, 5) is 24.2. The van der Waals surface area contributed by atoms with Crippen molar-refractivity contribution in [3.63, 3.8) is 0 Å². The third-order valence-corrected chi connectivity index (χ3v) is 4.53. The molecule has 1 aromatic carbocycles. The lowest BCUT2D eigenvalue weighted by Crippen LogP contribution is -2.38. The molecule has 1 fully saturated rings. The van der Waals surface area contributed by atoms with Crippen LogP contribution in [0.4, 0.5) is 0 Å². The van der Waals surface area contributed by atoms with Gasteiger partial charge in [-0.2, -0.15) is 5.10 Å². The summed E-state index contributed by atoms with van der Waals surface area (Å²) in [5.74, 6) is -0.0307. The Morgan fingerprint density at radius 3 is 2.61 bits per heavy atom. The third kappa shape index (κ3) is 3.97. The molecule has 1 aliphatic rings. The number of nitrogens with zero attached hydrogens (tertiary/aromatic N) is 2. The summed E-state index contributed by atoms with van der Waals surface area (Å²) >= 11 is 0. The standard InChI is InChI=1S/C18H23N3O2/c22-17-12-19-21(16-11-7-6-10-15(16)17)13-18(23)20-14-8-4-2-1-3-5-9-14/h6-7,10-12,14H,1-5,8-9,13H2,(H,20,23). The maximum Gasteiger partial charge on any atom is 0.241 e. The van der Waals surface area contributed by atoms with Gasteiger partial charge in [0.05, 0.1) is 11.7 Å². The number of carbonyl (C=O) groups excluding carboxylic acids is 1. The van der Waals surface area contributed by atoms with Gasteiger partial charge in [-0.15, -0.1) is 0 Å². The first-order chi connectivity index (χ1) is 11.2. The zero-order valence-electron chi connectivity index (χ0n) is 13.3. The van der Waals surface area contributed by atoms with Gasteiger partial charge >= 0.3 is 0 Å². The van der Waals surface area contributed by atoms with Crippen LogP contribution in [-0.4, -0.2) is 21.7 Å². The highest BCUT2D eigenvalue weighted by Gasteiger charge is 2.15. The van der Waals surface area contributed by atoms with Crippen LogP contribution in [0.3, 0.4) is 0 Å². The Labute approximate surface area is 135 Å². The van der Waals surface area contributed by atoms with Crippen LogP contribution in [0, 0.1) is 0 Å². The van der Waals surface area contributed by atoms with E-state index >= 15 is 0 Å². The number of hydrogen-bond acceptors (Lipinski definition) is 3. The van der Waals surface area contributed by atoms with Gasteiger partial charge in [0, 0.05) is 11.4 Å². The third-order valence-electron chi connectivity index (χ3n) is 4.53. The minimum Gasteiger partial charge on any atom is -0.352 e. The van der Waals surface area contributed by atoms with Crippen LogP contribution in [0.25, 0.3) is 10.9 Å². The van der Waals surface area contributed by atoms with E-state index in [0.29, 0.717) is 10.9 Å². The zero-order valence-corrected chi connectivity index (χ0v) is 13.3. The molecule has 0 aliphatic heterocycles. The van der Waals surface area contributed by atoms with Gasteiger partial charge < -0.3 is 5.32 Å². The second-order valence-corrected chi connectivity index (χ2v) is 6.29. The second kappa shape index (κ2) is 7.40. The highest BCUT2D eigenvalue weighted by atomic mass is 16.2. The maximum atomic E-state index is 12.4. The van der Waals surface area contributed by atoms with Crippen LogP contribution in [0.1, 0.15) is 44.9 Å². The topological polar surface area (TPSA) is 64.0 Å². The average molecular weight is 313 g/mol. The van der Waals surface area contributed by atoms with Gasteiger partial charge in [0.25, 0.3) is 0 Å². The maximum absolute atomic E-state index is 12.4. The van der Waals surface area contributed by atoms with E-state index in [9.17, 15) is 9.59 Å². The Bertz CT molecular complexity index is 730. The molecule has 3 rings (SSSR count). The monoisotopic (exact) mass is 313 g/mol. The van der Waals surface area contributed by atoms with Crippen LogP contribution in [-0.2, 0) is 11.3 Å². The molecule has 0 saturated heterocycles. The number of fused-ring (bicyclic) bond motifs is 1. The Morgan fingerprint density at radius 2 is 1.83 bits per heavy atom. The molecule has 23 heavy (non-hydrogen) atoms. The minimum absolute atomic E-state index is 0.0307. The van der Waals surface area contributed by atoms with Crippen molar-refractivity contribution < 1.29 is 4.79 Å². The van der Waals surface area contributed by atoms with Crippen LogP contribution in [0.2, 0.25) is 0 Å².